The van der Waals surface area contributed by atoms with Crippen LogP contribution in [0.25, 0.3) is 0 Å². The average Bonchev–Trinajstić information content (AvgIpc) is 1.93. The van der Waals surface area contributed by atoms with E-state index in [1.165, 1.54) is 0 Å². The van der Waals surface area contributed by atoms with Gasteiger partial charge in [0, 0.05) is 0 Å². The van der Waals surface area contributed by atoms with E-state index in [1.54, 1.807) is 12.2 Å². The van der Waals surface area contributed by atoms with Crippen LogP contribution in [0, 0.1) is 5.92 Å². The molecule has 0 saturated heterocycles. The second-order valence-corrected chi connectivity index (χ2v) is 2.98. The Labute approximate surface area is 67.1 Å². The maximum absolute atomic E-state index is 10.7. The van der Waals surface area contributed by atoms with Gasteiger partial charge >= 0.3 is 0 Å². The van der Waals surface area contributed by atoms with Crippen LogP contribution in [0.5, 0.6) is 0 Å². The molecule has 0 amide bonds. The van der Waals surface area contributed by atoms with Crippen LogP contribution in [-0.4, -0.2) is 5.78 Å². The second-order valence-electron chi connectivity index (χ2n) is 2.98. The van der Waals surface area contributed by atoms with Crippen LogP contribution in [0.3, 0.4) is 0 Å². The number of allylic oxidation sites excluding steroid dienone is 6. The van der Waals surface area contributed by atoms with Crippen molar-refractivity contribution in [3.63, 3.8) is 0 Å². The number of rotatable bonds is 1. The Morgan fingerprint density at radius 2 is 1.73 bits per heavy atom. The molecule has 0 radical (unpaired) electrons. The first-order valence-electron chi connectivity index (χ1n) is 3.80. The summed E-state index contributed by atoms with van der Waals surface area (Å²) in [5.41, 5.74) is 1.12. The Balaban J connectivity index is 2.72. The van der Waals surface area contributed by atoms with E-state index in [0.29, 0.717) is 5.92 Å². The molecule has 0 N–H and O–H groups in total. The quantitative estimate of drug-likeness (QED) is 0.557. The summed E-state index contributed by atoms with van der Waals surface area (Å²) < 4.78 is 0. The van der Waals surface area contributed by atoms with Crippen LogP contribution >= 0.6 is 0 Å². The SMILES string of the molecule is CC(C)C=C1C=CC(=O)C=C1. The number of ketones is 1. The maximum atomic E-state index is 10.7. The molecule has 1 nitrogen and oxygen atoms in total. The molecule has 1 heteroatoms. The summed E-state index contributed by atoms with van der Waals surface area (Å²) in [6, 6.07) is 0. The van der Waals surface area contributed by atoms with E-state index in [9.17, 15) is 4.79 Å². The monoisotopic (exact) mass is 148 g/mol. The summed E-state index contributed by atoms with van der Waals surface area (Å²) in [6.07, 6.45) is 9.01. The predicted octanol–water partition coefficient (Wildman–Crippen LogP) is 2.26. The van der Waals surface area contributed by atoms with Gasteiger partial charge in [0.05, 0.1) is 0 Å². The fourth-order valence-electron chi connectivity index (χ4n) is 0.964. The Bertz CT molecular complexity index is 224. The van der Waals surface area contributed by atoms with E-state index >= 15 is 0 Å². The molecule has 0 spiro atoms. The molecule has 58 valence electrons. The molecule has 1 aliphatic rings. The first-order chi connectivity index (χ1) is 5.18. The Morgan fingerprint density at radius 1 is 1.18 bits per heavy atom. The summed E-state index contributed by atoms with van der Waals surface area (Å²) in [5.74, 6) is 0.610. The fraction of sp³-hybridized carbons (Fsp3) is 0.300. The van der Waals surface area contributed by atoms with E-state index in [4.69, 9.17) is 0 Å². The van der Waals surface area contributed by atoms with Crippen molar-refractivity contribution in [3.05, 3.63) is 36.0 Å². The van der Waals surface area contributed by atoms with Crippen LogP contribution in [-0.2, 0) is 4.79 Å². The van der Waals surface area contributed by atoms with E-state index in [0.717, 1.165) is 5.57 Å². The van der Waals surface area contributed by atoms with E-state index in [2.05, 4.69) is 19.9 Å². The molecule has 0 fully saturated rings. The van der Waals surface area contributed by atoms with E-state index in [-0.39, 0.29) is 5.78 Å². The number of carbonyl (C=O) groups is 1. The third-order valence-electron chi connectivity index (χ3n) is 1.41. The molecule has 0 saturated carbocycles. The Morgan fingerprint density at radius 3 is 2.18 bits per heavy atom. The van der Waals surface area contributed by atoms with Gasteiger partial charge in [-0.25, -0.2) is 0 Å². The van der Waals surface area contributed by atoms with Crippen molar-refractivity contribution in [2.45, 2.75) is 13.8 Å². The van der Waals surface area contributed by atoms with Gasteiger partial charge in [0.25, 0.3) is 0 Å². The van der Waals surface area contributed by atoms with Gasteiger partial charge in [0.1, 0.15) is 0 Å². The first-order valence-corrected chi connectivity index (χ1v) is 3.80. The standard InChI is InChI=1S/C10H12O/c1-8(2)7-9-3-5-10(11)6-4-9/h3-8H,1-2H3. The predicted molar refractivity (Wildman–Crippen MR) is 46.2 cm³/mol. The largest absolute Gasteiger partial charge is 0.290 e. The minimum absolute atomic E-state index is 0.0749. The highest BCUT2D eigenvalue weighted by Crippen LogP contribution is 2.09. The molecule has 0 aliphatic heterocycles. The van der Waals surface area contributed by atoms with Crippen molar-refractivity contribution in [2.75, 3.05) is 0 Å². The highest BCUT2D eigenvalue weighted by atomic mass is 16.1. The molecule has 0 aromatic rings. The van der Waals surface area contributed by atoms with Crippen molar-refractivity contribution in [1.29, 1.82) is 0 Å². The zero-order valence-corrected chi connectivity index (χ0v) is 6.87. The molecule has 0 bridgehead atoms. The van der Waals surface area contributed by atoms with Gasteiger partial charge in [-0.15, -0.1) is 0 Å². The zero-order valence-electron chi connectivity index (χ0n) is 6.87. The van der Waals surface area contributed by atoms with Crippen molar-refractivity contribution >= 4 is 5.78 Å². The molecule has 1 aliphatic carbocycles. The number of hydrogen-bond donors (Lipinski definition) is 0. The number of hydrogen-bond acceptors (Lipinski definition) is 1. The van der Waals surface area contributed by atoms with Crippen LogP contribution < -0.4 is 0 Å². The summed E-state index contributed by atoms with van der Waals surface area (Å²) in [7, 11) is 0. The third-order valence-corrected chi connectivity index (χ3v) is 1.41. The first kappa shape index (κ1) is 7.99. The normalized spacial score (nSPS) is 16.3. The highest BCUT2D eigenvalue weighted by molar-refractivity contribution is 6.01. The Kier molecular flexibility index (Phi) is 2.42. The van der Waals surface area contributed by atoms with Crippen LogP contribution in [0.15, 0.2) is 36.0 Å². The topological polar surface area (TPSA) is 17.1 Å². The fourth-order valence-corrected chi connectivity index (χ4v) is 0.964. The lowest BCUT2D eigenvalue weighted by atomic mass is 10.0. The number of carbonyl (C=O) groups excluding carboxylic acids is 1. The molecular formula is C10H12O. The third kappa shape index (κ3) is 2.54. The van der Waals surface area contributed by atoms with Gasteiger partial charge in [0.15, 0.2) is 5.78 Å². The van der Waals surface area contributed by atoms with Gasteiger partial charge in [-0.1, -0.05) is 32.1 Å². The molecular weight excluding hydrogens is 136 g/mol. The molecule has 11 heavy (non-hydrogen) atoms. The van der Waals surface area contributed by atoms with Crippen molar-refractivity contribution < 1.29 is 4.79 Å². The molecule has 0 heterocycles. The van der Waals surface area contributed by atoms with Crippen LogP contribution in [0.1, 0.15) is 13.8 Å². The van der Waals surface area contributed by atoms with Crippen molar-refractivity contribution in [2.24, 2.45) is 5.92 Å². The second kappa shape index (κ2) is 3.33. The molecule has 0 aromatic heterocycles. The smallest absolute Gasteiger partial charge is 0.178 e. The highest BCUT2D eigenvalue weighted by Gasteiger charge is 1.98. The average molecular weight is 148 g/mol. The van der Waals surface area contributed by atoms with Crippen molar-refractivity contribution in [3.8, 4) is 0 Å². The molecule has 0 aromatic carbocycles. The minimum Gasteiger partial charge on any atom is -0.290 e. The van der Waals surface area contributed by atoms with Crippen LogP contribution in [0.2, 0.25) is 0 Å². The maximum Gasteiger partial charge on any atom is 0.178 e. The van der Waals surface area contributed by atoms with Gasteiger partial charge in [-0.05, 0) is 23.6 Å². The lowest BCUT2D eigenvalue weighted by Gasteiger charge is -2.00. The van der Waals surface area contributed by atoms with Gasteiger partial charge in [0.2, 0.25) is 0 Å². The van der Waals surface area contributed by atoms with Crippen molar-refractivity contribution in [1.82, 2.24) is 0 Å². The lowest BCUT2D eigenvalue weighted by molar-refractivity contribution is -0.110. The molecule has 1 rings (SSSR count). The molecule has 0 unspecified atom stereocenters. The Hall–Kier alpha value is -1.11. The zero-order chi connectivity index (χ0) is 8.27. The van der Waals surface area contributed by atoms with Gasteiger partial charge in [-0.3, -0.25) is 4.79 Å². The lowest BCUT2D eigenvalue weighted by Crippen LogP contribution is -1.92. The van der Waals surface area contributed by atoms with Crippen LogP contribution in [0.4, 0.5) is 0 Å². The molecule has 0 atom stereocenters. The van der Waals surface area contributed by atoms with E-state index < -0.39 is 0 Å². The van der Waals surface area contributed by atoms with Gasteiger partial charge < -0.3 is 0 Å². The summed E-state index contributed by atoms with van der Waals surface area (Å²) in [5, 5.41) is 0. The summed E-state index contributed by atoms with van der Waals surface area (Å²) in [6.45, 7) is 4.23. The summed E-state index contributed by atoms with van der Waals surface area (Å²) in [4.78, 5) is 10.7. The van der Waals surface area contributed by atoms with E-state index in [1.807, 2.05) is 12.2 Å². The minimum atomic E-state index is 0.0749. The van der Waals surface area contributed by atoms with Gasteiger partial charge in [-0.2, -0.15) is 0 Å². The summed E-state index contributed by atoms with van der Waals surface area (Å²) >= 11 is 0.